The number of H-pyrrole nitrogens is 1. The molecule has 0 saturated carbocycles. The minimum absolute atomic E-state index is 0.644. The second-order valence-corrected chi connectivity index (χ2v) is 3.96. The highest BCUT2D eigenvalue weighted by atomic mass is 16.5. The summed E-state index contributed by atoms with van der Waals surface area (Å²) in [7, 11) is 0. The zero-order valence-electron chi connectivity index (χ0n) is 9.39. The van der Waals surface area contributed by atoms with Gasteiger partial charge in [-0.3, -0.25) is 5.10 Å². The highest BCUT2D eigenvalue weighted by molar-refractivity contribution is 5.49. The van der Waals surface area contributed by atoms with Gasteiger partial charge in [0.1, 0.15) is 6.26 Å². The zero-order valence-corrected chi connectivity index (χ0v) is 9.39. The molecule has 0 aliphatic carbocycles. The average molecular weight is 234 g/mol. The molecule has 7 nitrogen and oxygen atoms in total. The van der Waals surface area contributed by atoms with Crippen molar-refractivity contribution in [2.45, 2.75) is 6.42 Å². The lowest BCUT2D eigenvalue weighted by molar-refractivity contribution is 0.422. The molecule has 2 N–H and O–H groups in total. The van der Waals surface area contributed by atoms with Gasteiger partial charge in [0, 0.05) is 25.7 Å². The summed E-state index contributed by atoms with van der Waals surface area (Å²) in [6.07, 6.45) is 2.63. The Morgan fingerprint density at radius 3 is 3.18 bits per heavy atom. The van der Waals surface area contributed by atoms with Crippen LogP contribution >= 0.6 is 0 Å². The number of hydrogen-bond donors (Lipinski definition) is 2. The van der Waals surface area contributed by atoms with E-state index in [9.17, 15) is 0 Å². The molecule has 1 saturated heterocycles. The molecule has 0 amide bonds. The first-order valence-electron chi connectivity index (χ1n) is 5.72. The van der Waals surface area contributed by atoms with Gasteiger partial charge < -0.3 is 14.7 Å². The van der Waals surface area contributed by atoms with Crippen LogP contribution < -0.4 is 10.2 Å². The molecule has 3 rings (SSSR count). The van der Waals surface area contributed by atoms with Gasteiger partial charge in [0.05, 0.1) is 0 Å². The van der Waals surface area contributed by atoms with Gasteiger partial charge in [-0.1, -0.05) is 5.16 Å². The van der Waals surface area contributed by atoms with Crippen LogP contribution in [0.5, 0.6) is 0 Å². The molecule has 90 valence electrons. The van der Waals surface area contributed by atoms with Gasteiger partial charge in [-0.25, -0.2) is 0 Å². The Hall–Kier alpha value is -1.89. The van der Waals surface area contributed by atoms with Crippen molar-refractivity contribution >= 4 is 5.95 Å². The maximum Gasteiger partial charge on any atom is 0.245 e. The number of nitrogens with zero attached hydrogens (tertiary/aromatic N) is 4. The fourth-order valence-electron chi connectivity index (χ4n) is 1.89. The smallest absolute Gasteiger partial charge is 0.245 e. The summed E-state index contributed by atoms with van der Waals surface area (Å²) in [5.41, 5.74) is 0.677. The van der Waals surface area contributed by atoms with Gasteiger partial charge in [-0.15, -0.1) is 5.10 Å². The molecule has 3 heterocycles. The highest BCUT2D eigenvalue weighted by Crippen LogP contribution is 2.15. The molecule has 1 aliphatic rings. The summed E-state index contributed by atoms with van der Waals surface area (Å²) >= 11 is 0. The van der Waals surface area contributed by atoms with Crippen LogP contribution in [0.2, 0.25) is 0 Å². The molecular formula is C10H14N6O. The summed E-state index contributed by atoms with van der Waals surface area (Å²) in [6, 6.07) is 1.76. The molecule has 1 fully saturated rings. The molecule has 0 radical (unpaired) electrons. The SMILES string of the molecule is c1cc(-c2nc(N3CCCNCC3)n[nH]2)no1. The van der Waals surface area contributed by atoms with E-state index in [0.29, 0.717) is 11.5 Å². The predicted octanol–water partition coefficient (Wildman–Crippen LogP) is 0.259. The second-order valence-electron chi connectivity index (χ2n) is 3.96. The number of rotatable bonds is 2. The average Bonchev–Trinajstić information content (AvgIpc) is 2.95. The van der Waals surface area contributed by atoms with E-state index < -0.39 is 0 Å². The minimum atomic E-state index is 0.644. The molecule has 17 heavy (non-hydrogen) atoms. The van der Waals surface area contributed by atoms with E-state index in [1.165, 1.54) is 6.26 Å². The minimum Gasteiger partial charge on any atom is -0.364 e. The molecular weight excluding hydrogens is 220 g/mol. The Balaban J connectivity index is 1.79. The van der Waals surface area contributed by atoms with E-state index in [2.05, 4.69) is 30.6 Å². The third-order valence-corrected chi connectivity index (χ3v) is 2.78. The normalized spacial score (nSPS) is 17.1. The summed E-state index contributed by atoms with van der Waals surface area (Å²) in [4.78, 5) is 6.59. The number of aromatic amines is 1. The van der Waals surface area contributed by atoms with E-state index in [4.69, 9.17) is 4.52 Å². The molecule has 0 bridgehead atoms. The van der Waals surface area contributed by atoms with Crippen LogP contribution in [-0.4, -0.2) is 46.5 Å². The van der Waals surface area contributed by atoms with E-state index in [1.807, 2.05) is 0 Å². The third-order valence-electron chi connectivity index (χ3n) is 2.78. The first-order chi connectivity index (χ1) is 8.43. The molecule has 2 aromatic heterocycles. The molecule has 2 aromatic rings. The fraction of sp³-hybridized carbons (Fsp3) is 0.500. The third kappa shape index (κ3) is 2.14. The monoisotopic (exact) mass is 234 g/mol. The number of aromatic nitrogens is 4. The molecule has 1 aliphatic heterocycles. The van der Waals surface area contributed by atoms with Crippen LogP contribution in [0.15, 0.2) is 16.9 Å². The maximum atomic E-state index is 4.78. The number of nitrogens with one attached hydrogen (secondary N) is 2. The van der Waals surface area contributed by atoms with Crippen LogP contribution in [0.4, 0.5) is 5.95 Å². The lowest BCUT2D eigenvalue weighted by atomic mass is 10.4. The van der Waals surface area contributed by atoms with Crippen molar-refractivity contribution < 1.29 is 4.52 Å². The summed E-state index contributed by atoms with van der Waals surface area (Å²) in [6.45, 7) is 3.92. The molecule has 0 unspecified atom stereocenters. The molecule has 7 heteroatoms. The van der Waals surface area contributed by atoms with Crippen LogP contribution in [0.25, 0.3) is 11.5 Å². The van der Waals surface area contributed by atoms with Crippen LogP contribution in [0, 0.1) is 0 Å². The van der Waals surface area contributed by atoms with Crippen LogP contribution in [0.1, 0.15) is 6.42 Å². The van der Waals surface area contributed by atoms with Crippen molar-refractivity contribution in [3.63, 3.8) is 0 Å². The summed E-state index contributed by atoms with van der Waals surface area (Å²) in [5.74, 6) is 1.37. The van der Waals surface area contributed by atoms with Gasteiger partial charge in [0.2, 0.25) is 5.95 Å². The Kier molecular flexibility index (Phi) is 2.74. The largest absolute Gasteiger partial charge is 0.364 e. The predicted molar refractivity (Wildman–Crippen MR) is 61.6 cm³/mol. The number of anilines is 1. The summed E-state index contributed by atoms with van der Waals surface area (Å²) < 4.78 is 4.78. The standard InChI is InChI=1S/C10H14N6O/c1-3-11-4-6-16(5-1)10-12-9(13-14-10)8-2-7-17-15-8/h2,7,11H,1,3-6H2,(H,12,13,14). The lowest BCUT2D eigenvalue weighted by Crippen LogP contribution is -2.28. The van der Waals surface area contributed by atoms with E-state index in [1.54, 1.807) is 6.07 Å². The van der Waals surface area contributed by atoms with Gasteiger partial charge in [-0.05, 0) is 13.0 Å². The van der Waals surface area contributed by atoms with Crippen molar-refractivity contribution in [1.82, 2.24) is 25.7 Å². The summed E-state index contributed by atoms with van der Waals surface area (Å²) in [5, 5.41) is 14.3. The molecule has 0 atom stereocenters. The Morgan fingerprint density at radius 2 is 2.29 bits per heavy atom. The van der Waals surface area contributed by atoms with E-state index >= 15 is 0 Å². The van der Waals surface area contributed by atoms with E-state index in [0.717, 1.165) is 38.5 Å². The molecule has 0 aromatic carbocycles. The van der Waals surface area contributed by atoms with Crippen molar-refractivity contribution in [1.29, 1.82) is 0 Å². The Morgan fingerprint density at radius 1 is 1.29 bits per heavy atom. The quantitative estimate of drug-likeness (QED) is 0.775. The second kappa shape index (κ2) is 4.54. The van der Waals surface area contributed by atoms with Crippen molar-refractivity contribution in [3.05, 3.63) is 12.3 Å². The van der Waals surface area contributed by atoms with Gasteiger partial charge in [0.15, 0.2) is 11.5 Å². The first-order valence-corrected chi connectivity index (χ1v) is 5.72. The van der Waals surface area contributed by atoms with Crippen LogP contribution in [-0.2, 0) is 0 Å². The van der Waals surface area contributed by atoms with Gasteiger partial charge in [0.25, 0.3) is 0 Å². The Bertz CT molecular complexity index is 457. The van der Waals surface area contributed by atoms with Crippen LogP contribution in [0.3, 0.4) is 0 Å². The number of hydrogen-bond acceptors (Lipinski definition) is 6. The van der Waals surface area contributed by atoms with Gasteiger partial charge >= 0.3 is 0 Å². The van der Waals surface area contributed by atoms with E-state index in [-0.39, 0.29) is 0 Å². The molecule has 0 spiro atoms. The van der Waals surface area contributed by atoms with Crippen molar-refractivity contribution in [2.24, 2.45) is 0 Å². The lowest BCUT2D eigenvalue weighted by Gasteiger charge is -2.16. The van der Waals surface area contributed by atoms with Crippen molar-refractivity contribution in [3.8, 4) is 11.5 Å². The highest BCUT2D eigenvalue weighted by Gasteiger charge is 2.15. The topological polar surface area (TPSA) is 82.9 Å². The Labute approximate surface area is 98.2 Å². The first kappa shape index (κ1) is 10.3. The van der Waals surface area contributed by atoms with Gasteiger partial charge in [-0.2, -0.15) is 4.98 Å². The van der Waals surface area contributed by atoms with Crippen molar-refractivity contribution in [2.75, 3.05) is 31.1 Å². The maximum absolute atomic E-state index is 4.78. The zero-order chi connectivity index (χ0) is 11.5. The fourth-order valence-corrected chi connectivity index (χ4v) is 1.89.